The quantitative estimate of drug-likeness (QED) is 0.847. The Morgan fingerprint density at radius 3 is 2.78 bits per heavy atom. The van der Waals surface area contributed by atoms with Gasteiger partial charge in [0.1, 0.15) is 0 Å². The zero-order valence-electron chi connectivity index (χ0n) is 9.53. The first-order valence-electron chi connectivity index (χ1n) is 5.28. The van der Waals surface area contributed by atoms with Crippen LogP contribution in [0.2, 0.25) is 0 Å². The molecule has 1 N–H and O–H groups in total. The van der Waals surface area contributed by atoms with Crippen molar-refractivity contribution >= 4 is 46.0 Å². The van der Waals surface area contributed by atoms with E-state index in [0.717, 1.165) is 0 Å². The van der Waals surface area contributed by atoms with E-state index >= 15 is 0 Å². The molecule has 1 aromatic rings. The first-order valence-corrected chi connectivity index (χ1v) is 6.54. The number of rotatable bonds is 2. The van der Waals surface area contributed by atoms with Crippen LogP contribution in [-0.2, 0) is 9.59 Å². The van der Waals surface area contributed by atoms with Gasteiger partial charge in [0.2, 0.25) is 11.1 Å². The first-order chi connectivity index (χ1) is 8.47. The van der Waals surface area contributed by atoms with E-state index in [9.17, 15) is 14.4 Å². The van der Waals surface area contributed by atoms with Gasteiger partial charge in [0.05, 0.1) is 5.25 Å². The van der Waals surface area contributed by atoms with Gasteiger partial charge in [-0.25, -0.2) is 0 Å². The number of carbonyl (C=O) groups excluding carboxylic acids is 3. The van der Waals surface area contributed by atoms with Gasteiger partial charge in [-0.1, -0.05) is 0 Å². The number of ketones is 1. The summed E-state index contributed by atoms with van der Waals surface area (Å²) < 4.78 is 0. The smallest absolute Gasteiger partial charge is 0.235 e. The Hall–Kier alpha value is -1.33. The van der Waals surface area contributed by atoms with Crippen molar-refractivity contribution in [3.05, 3.63) is 23.8 Å². The van der Waals surface area contributed by atoms with Crippen molar-refractivity contribution in [3.8, 4) is 0 Å². The van der Waals surface area contributed by atoms with Gasteiger partial charge in [-0.05, 0) is 29.8 Å². The molecule has 0 saturated carbocycles. The molecule has 4 nitrogen and oxygen atoms in total. The lowest BCUT2D eigenvalue weighted by atomic mass is 10.1. The number of hydrogen-bond acceptors (Lipinski definition) is 4. The monoisotopic (exact) mass is 283 g/mol. The van der Waals surface area contributed by atoms with Gasteiger partial charge in [0.15, 0.2) is 5.78 Å². The summed E-state index contributed by atoms with van der Waals surface area (Å²) in [5, 5.41) is 1.57. The average Bonchev–Trinajstić information content (AvgIpc) is 2.27. The number of fused-ring (bicyclic) bond motifs is 1. The molecule has 0 spiro atoms. The molecule has 0 fully saturated rings. The van der Waals surface area contributed by atoms with E-state index in [2.05, 4.69) is 5.32 Å². The fraction of sp³-hybridized carbons (Fsp3) is 0.250. The van der Waals surface area contributed by atoms with Crippen molar-refractivity contribution in [1.82, 2.24) is 0 Å². The van der Waals surface area contributed by atoms with E-state index < -0.39 is 10.5 Å². The van der Waals surface area contributed by atoms with Gasteiger partial charge in [-0.2, -0.15) is 0 Å². The second-order valence-electron chi connectivity index (χ2n) is 3.93. The van der Waals surface area contributed by atoms with E-state index in [4.69, 9.17) is 11.6 Å². The van der Waals surface area contributed by atoms with Crippen LogP contribution in [0.1, 0.15) is 23.7 Å². The van der Waals surface area contributed by atoms with Crippen LogP contribution in [0.3, 0.4) is 0 Å². The molecule has 1 unspecified atom stereocenters. The highest BCUT2D eigenvalue weighted by Gasteiger charge is 2.29. The maximum Gasteiger partial charge on any atom is 0.235 e. The average molecular weight is 284 g/mol. The molecule has 0 aromatic heterocycles. The molecular formula is C12H10ClNO3S. The number of Topliss-reactive ketones (excluding diaryl/α,β-unsaturated/α-hetero) is 1. The minimum absolute atomic E-state index is 0.0999. The Kier molecular flexibility index (Phi) is 3.73. The summed E-state index contributed by atoms with van der Waals surface area (Å²) >= 11 is 6.69. The van der Waals surface area contributed by atoms with Crippen LogP contribution in [0.15, 0.2) is 23.1 Å². The molecule has 1 amide bonds. The van der Waals surface area contributed by atoms with Crippen LogP contribution in [0, 0.1) is 0 Å². The predicted octanol–water partition coefficient (Wildman–Crippen LogP) is 2.46. The number of benzene rings is 1. The van der Waals surface area contributed by atoms with E-state index in [1.165, 1.54) is 18.7 Å². The Balaban J connectivity index is 2.33. The normalized spacial score (nSPS) is 18.1. The molecule has 94 valence electrons. The number of nitrogens with one attached hydrogen (secondary N) is 1. The summed E-state index contributed by atoms with van der Waals surface area (Å²) in [7, 11) is 0. The number of anilines is 1. The van der Waals surface area contributed by atoms with Crippen LogP contribution < -0.4 is 5.32 Å². The van der Waals surface area contributed by atoms with Gasteiger partial charge in [0.25, 0.3) is 0 Å². The summed E-state index contributed by atoms with van der Waals surface area (Å²) in [4.78, 5) is 34.6. The van der Waals surface area contributed by atoms with E-state index in [1.807, 2.05) is 0 Å². The maximum atomic E-state index is 11.8. The molecule has 1 aliphatic heterocycles. The van der Waals surface area contributed by atoms with Crippen molar-refractivity contribution in [3.63, 3.8) is 0 Å². The van der Waals surface area contributed by atoms with Crippen molar-refractivity contribution < 1.29 is 14.4 Å². The Morgan fingerprint density at radius 1 is 1.44 bits per heavy atom. The summed E-state index contributed by atoms with van der Waals surface area (Å²) in [5.74, 6) is -0.288. The van der Waals surface area contributed by atoms with E-state index in [0.29, 0.717) is 16.1 Å². The Morgan fingerprint density at radius 2 is 2.17 bits per heavy atom. The maximum absolute atomic E-state index is 11.8. The SMILES string of the molecule is CC(=O)Nc1ccc2c(c1)SC(C(=O)Cl)CC2=O. The molecule has 1 atom stereocenters. The van der Waals surface area contributed by atoms with Gasteiger partial charge >= 0.3 is 0 Å². The molecule has 0 saturated heterocycles. The van der Waals surface area contributed by atoms with Gasteiger partial charge in [-0.3, -0.25) is 14.4 Å². The molecular weight excluding hydrogens is 274 g/mol. The van der Waals surface area contributed by atoms with Crippen molar-refractivity contribution in [1.29, 1.82) is 0 Å². The third-order valence-corrected chi connectivity index (χ3v) is 4.15. The first kappa shape index (κ1) is 13.1. The van der Waals surface area contributed by atoms with Crippen LogP contribution in [0.4, 0.5) is 5.69 Å². The van der Waals surface area contributed by atoms with E-state index in [1.54, 1.807) is 18.2 Å². The largest absolute Gasteiger partial charge is 0.326 e. The van der Waals surface area contributed by atoms with Crippen LogP contribution >= 0.6 is 23.4 Å². The molecule has 2 rings (SSSR count). The third-order valence-electron chi connectivity index (χ3n) is 2.50. The molecule has 1 aliphatic rings. The number of hydrogen-bond donors (Lipinski definition) is 1. The zero-order chi connectivity index (χ0) is 13.3. The number of amides is 1. The molecule has 6 heteroatoms. The van der Waals surface area contributed by atoms with E-state index in [-0.39, 0.29) is 18.1 Å². The van der Waals surface area contributed by atoms with Crippen LogP contribution in [0.25, 0.3) is 0 Å². The van der Waals surface area contributed by atoms with Gasteiger partial charge in [-0.15, -0.1) is 11.8 Å². The number of thioether (sulfide) groups is 1. The molecule has 0 bridgehead atoms. The topological polar surface area (TPSA) is 63.2 Å². The van der Waals surface area contributed by atoms with Gasteiger partial charge in [0, 0.05) is 29.5 Å². The lowest BCUT2D eigenvalue weighted by Crippen LogP contribution is -2.22. The molecule has 18 heavy (non-hydrogen) atoms. The molecule has 1 aromatic carbocycles. The number of carbonyl (C=O) groups is 3. The molecule has 0 radical (unpaired) electrons. The highest BCUT2D eigenvalue weighted by molar-refractivity contribution is 8.01. The number of halogens is 1. The molecule has 0 aliphatic carbocycles. The summed E-state index contributed by atoms with van der Waals surface area (Å²) in [5.41, 5.74) is 1.17. The Bertz CT molecular complexity index is 544. The Labute approximate surface area is 113 Å². The highest BCUT2D eigenvalue weighted by Crippen LogP contribution is 2.37. The molecule has 1 heterocycles. The standard InChI is InChI=1S/C12H10ClNO3S/c1-6(15)14-7-2-3-8-9(16)5-11(12(13)17)18-10(8)4-7/h2-4,11H,5H2,1H3,(H,14,15). The van der Waals surface area contributed by atoms with Gasteiger partial charge < -0.3 is 5.32 Å². The van der Waals surface area contributed by atoms with Crippen LogP contribution in [0.5, 0.6) is 0 Å². The highest BCUT2D eigenvalue weighted by atomic mass is 35.5. The lowest BCUT2D eigenvalue weighted by Gasteiger charge is -2.20. The van der Waals surface area contributed by atoms with Crippen LogP contribution in [-0.4, -0.2) is 22.2 Å². The summed E-state index contributed by atoms with van der Waals surface area (Å²) in [6.07, 6.45) is 0.124. The summed E-state index contributed by atoms with van der Waals surface area (Å²) in [6, 6.07) is 5.01. The van der Waals surface area contributed by atoms with Crippen molar-refractivity contribution in [2.45, 2.75) is 23.5 Å². The second kappa shape index (κ2) is 5.12. The van der Waals surface area contributed by atoms with Crippen molar-refractivity contribution in [2.24, 2.45) is 0 Å². The predicted molar refractivity (Wildman–Crippen MR) is 70.2 cm³/mol. The second-order valence-corrected chi connectivity index (χ2v) is 5.55. The fourth-order valence-electron chi connectivity index (χ4n) is 1.73. The van der Waals surface area contributed by atoms with Crippen molar-refractivity contribution in [2.75, 3.05) is 5.32 Å². The lowest BCUT2D eigenvalue weighted by molar-refractivity contribution is -0.114. The minimum Gasteiger partial charge on any atom is -0.326 e. The minimum atomic E-state index is -0.542. The third kappa shape index (κ3) is 2.73. The summed E-state index contributed by atoms with van der Waals surface area (Å²) in [6.45, 7) is 1.41. The fourth-order valence-corrected chi connectivity index (χ4v) is 3.08. The zero-order valence-corrected chi connectivity index (χ0v) is 11.1.